The van der Waals surface area contributed by atoms with Crippen molar-refractivity contribution in [1.82, 2.24) is 4.90 Å². The van der Waals surface area contributed by atoms with E-state index >= 15 is 0 Å². The number of likely N-dealkylation sites (N-methyl/N-ethyl adjacent to an activating group) is 1. The van der Waals surface area contributed by atoms with Crippen molar-refractivity contribution in [3.8, 4) is 5.75 Å². The molecule has 1 aromatic rings. The van der Waals surface area contributed by atoms with Crippen LogP contribution in [0.4, 0.5) is 0 Å². The Hall–Kier alpha value is -1.55. The highest BCUT2D eigenvalue weighted by Crippen LogP contribution is 2.32. The van der Waals surface area contributed by atoms with Gasteiger partial charge in [-0.3, -0.25) is 4.79 Å². The molecule has 0 saturated heterocycles. The first-order valence-electron chi connectivity index (χ1n) is 7.76. The Morgan fingerprint density at radius 3 is 2.71 bits per heavy atom. The number of ether oxygens (including phenoxy) is 1. The number of hydrogen-bond donors (Lipinski definition) is 1. The third-order valence-corrected chi connectivity index (χ3v) is 4.37. The Balaban J connectivity index is 1.77. The average molecular weight is 290 g/mol. The molecule has 0 spiro atoms. The van der Waals surface area contributed by atoms with Gasteiger partial charge in [-0.2, -0.15) is 0 Å². The van der Waals surface area contributed by atoms with E-state index in [4.69, 9.17) is 10.5 Å². The van der Waals surface area contributed by atoms with Crippen LogP contribution in [-0.2, 0) is 4.79 Å². The molecule has 2 unspecified atom stereocenters. The minimum atomic E-state index is 0.111. The predicted octanol–water partition coefficient (Wildman–Crippen LogP) is 2.21. The number of amides is 1. The van der Waals surface area contributed by atoms with Crippen molar-refractivity contribution < 1.29 is 9.53 Å². The summed E-state index contributed by atoms with van der Waals surface area (Å²) in [5, 5.41) is 0. The van der Waals surface area contributed by atoms with Gasteiger partial charge in [0.05, 0.1) is 6.54 Å². The van der Waals surface area contributed by atoms with Gasteiger partial charge in [0.15, 0.2) is 0 Å². The summed E-state index contributed by atoms with van der Waals surface area (Å²) in [7, 11) is 1.85. The van der Waals surface area contributed by atoms with Gasteiger partial charge in [-0.05, 0) is 44.4 Å². The van der Waals surface area contributed by atoms with E-state index in [9.17, 15) is 4.79 Å². The van der Waals surface area contributed by atoms with E-state index in [1.807, 2.05) is 38.2 Å². The normalized spacial score (nSPS) is 21.3. The lowest BCUT2D eigenvalue weighted by molar-refractivity contribution is -0.135. The molecule has 1 fully saturated rings. The SMILES string of the molecule is Cc1ccc(OCCN(C)C(=O)C2CCCC2CN)cc1. The predicted molar refractivity (Wildman–Crippen MR) is 84.2 cm³/mol. The number of hydrogen-bond acceptors (Lipinski definition) is 3. The standard InChI is InChI=1S/C17H26N2O2/c1-13-6-8-15(9-7-13)21-11-10-19(2)17(20)16-5-3-4-14(16)12-18/h6-9,14,16H,3-5,10-12,18H2,1-2H3. The topological polar surface area (TPSA) is 55.6 Å². The van der Waals surface area contributed by atoms with E-state index in [0.29, 0.717) is 25.6 Å². The highest BCUT2D eigenvalue weighted by molar-refractivity contribution is 5.79. The number of nitrogens with zero attached hydrogens (tertiary/aromatic N) is 1. The Kier molecular flexibility index (Phi) is 5.62. The van der Waals surface area contributed by atoms with Crippen molar-refractivity contribution in [1.29, 1.82) is 0 Å². The van der Waals surface area contributed by atoms with Crippen LogP contribution in [0.15, 0.2) is 24.3 Å². The summed E-state index contributed by atoms with van der Waals surface area (Å²) in [6.07, 6.45) is 3.18. The zero-order chi connectivity index (χ0) is 15.2. The maximum atomic E-state index is 12.4. The fraction of sp³-hybridized carbons (Fsp3) is 0.588. The van der Waals surface area contributed by atoms with Crippen LogP contribution >= 0.6 is 0 Å². The van der Waals surface area contributed by atoms with Gasteiger partial charge in [0.1, 0.15) is 12.4 Å². The monoisotopic (exact) mass is 290 g/mol. The molecule has 1 aromatic carbocycles. The molecule has 0 bridgehead atoms. The van der Waals surface area contributed by atoms with Crippen molar-refractivity contribution in [3.63, 3.8) is 0 Å². The Morgan fingerprint density at radius 2 is 2.05 bits per heavy atom. The van der Waals surface area contributed by atoms with Crippen LogP contribution in [0, 0.1) is 18.8 Å². The van der Waals surface area contributed by atoms with Gasteiger partial charge < -0.3 is 15.4 Å². The Morgan fingerprint density at radius 1 is 1.33 bits per heavy atom. The fourth-order valence-corrected chi connectivity index (χ4v) is 2.97. The van der Waals surface area contributed by atoms with Crippen LogP contribution in [0.5, 0.6) is 5.75 Å². The number of benzene rings is 1. The smallest absolute Gasteiger partial charge is 0.225 e. The molecule has 1 aliphatic rings. The highest BCUT2D eigenvalue weighted by atomic mass is 16.5. The summed E-state index contributed by atoms with van der Waals surface area (Å²) in [6, 6.07) is 7.96. The molecular weight excluding hydrogens is 264 g/mol. The van der Waals surface area contributed by atoms with Gasteiger partial charge >= 0.3 is 0 Å². The van der Waals surface area contributed by atoms with E-state index in [1.165, 1.54) is 5.56 Å². The molecule has 1 aliphatic carbocycles. The van der Waals surface area contributed by atoms with E-state index in [-0.39, 0.29) is 11.8 Å². The third-order valence-electron chi connectivity index (χ3n) is 4.37. The van der Waals surface area contributed by atoms with Crippen LogP contribution in [0.25, 0.3) is 0 Å². The fourth-order valence-electron chi connectivity index (χ4n) is 2.97. The zero-order valence-corrected chi connectivity index (χ0v) is 13.0. The lowest BCUT2D eigenvalue weighted by Crippen LogP contribution is -2.38. The first kappa shape index (κ1) is 15.8. The minimum absolute atomic E-state index is 0.111. The number of carbonyl (C=O) groups excluding carboxylic acids is 1. The largest absolute Gasteiger partial charge is 0.492 e. The second-order valence-corrected chi connectivity index (χ2v) is 5.95. The lowest BCUT2D eigenvalue weighted by Gasteiger charge is -2.24. The summed E-state index contributed by atoms with van der Waals surface area (Å²) < 4.78 is 5.68. The molecule has 0 radical (unpaired) electrons. The first-order valence-corrected chi connectivity index (χ1v) is 7.76. The van der Waals surface area contributed by atoms with Crippen LogP contribution in [-0.4, -0.2) is 37.6 Å². The zero-order valence-electron chi connectivity index (χ0n) is 13.0. The van der Waals surface area contributed by atoms with E-state index in [1.54, 1.807) is 4.90 Å². The maximum Gasteiger partial charge on any atom is 0.225 e. The summed E-state index contributed by atoms with van der Waals surface area (Å²) >= 11 is 0. The number of rotatable bonds is 6. The van der Waals surface area contributed by atoms with Gasteiger partial charge in [0.2, 0.25) is 5.91 Å². The number of carbonyl (C=O) groups is 1. The molecule has 4 nitrogen and oxygen atoms in total. The van der Waals surface area contributed by atoms with Crippen molar-refractivity contribution in [2.24, 2.45) is 17.6 Å². The third kappa shape index (κ3) is 4.21. The molecule has 2 N–H and O–H groups in total. The van der Waals surface area contributed by atoms with Gasteiger partial charge in [-0.15, -0.1) is 0 Å². The molecule has 2 atom stereocenters. The van der Waals surface area contributed by atoms with Gasteiger partial charge in [-0.1, -0.05) is 24.1 Å². The van der Waals surface area contributed by atoms with E-state index in [0.717, 1.165) is 25.0 Å². The van der Waals surface area contributed by atoms with Gasteiger partial charge in [-0.25, -0.2) is 0 Å². The molecule has 0 aromatic heterocycles. The van der Waals surface area contributed by atoms with E-state index < -0.39 is 0 Å². The molecule has 0 aliphatic heterocycles. The van der Waals surface area contributed by atoms with Crippen LogP contribution in [0.1, 0.15) is 24.8 Å². The van der Waals surface area contributed by atoms with E-state index in [2.05, 4.69) is 0 Å². The van der Waals surface area contributed by atoms with Crippen LogP contribution in [0.3, 0.4) is 0 Å². The second kappa shape index (κ2) is 7.46. The summed E-state index contributed by atoms with van der Waals surface area (Å²) in [4.78, 5) is 14.2. The Labute approximate surface area is 127 Å². The first-order chi connectivity index (χ1) is 10.1. The molecule has 116 valence electrons. The quantitative estimate of drug-likeness (QED) is 0.874. The molecule has 1 amide bonds. The summed E-state index contributed by atoms with van der Waals surface area (Å²) in [5.74, 6) is 1.54. The van der Waals surface area contributed by atoms with Crippen molar-refractivity contribution in [2.75, 3.05) is 26.7 Å². The van der Waals surface area contributed by atoms with Gasteiger partial charge in [0, 0.05) is 13.0 Å². The highest BCUT2D eigenvalue weighted by Gasteiger charge is 2.33. The van der Waals surface area contributed by atoms with Gasteiger partial charge in [0.25, 0.3) is 0 Å². The van der Waals surface area contributed by atoms with Crippen molar-refractivity contribution >= 4 is 5.91 Å². The van der Waals surface area contributed by atoms with Crippen molar-refractivity contribution in [3.05, 3.63) is 29.8 Å². The number of nitrogens with two attached hydrogens (primary N) is 1. The molecular formula is C17H26N2O2. The molecule has 0 heterocycles. The molecule has 4 heteroatoms. The minimum Gasteiger partial charge on any atom is -0.492 e. The van der Waals surface area contributed by atoms with Crippen LogP contribution in [0.2, 0.25) is 0 Å². The summed E-state index contributed by atoms with van der Waals surface area (Å²) in [5.41, 5.74) is 6.97. The second-order valence-electron chi connectivity index (χ2n) is 5.95. The average Bonchev–Trinajstić information content (AvgIpc) is 2.96. The van der Waals surface area contributed by atoms with Crippen molar-refractivity contribution in [2.45, 2.75) is 26.2 Å². The Bertz CT molecular complexity index is 458. The summed E-state index contributed by atoms with van der Waals surface area (Å²) in [6.45, 7) is 3.79. The number of aryl methyl sites for hydroxylation is 1. The molecule has 1 saturated carbocycles. The lowest BCUT2D eigenvalue weighted by atomic mass is 9.95. The van der Waals surface area contributed by atoms with Crippen LogP contribution < -0.4 is 10.5 Å². The molecule has 2 rings (SSSR count). The maximum absolute atomic E-state index is 12.4. The molecule has 21 heavy (non-hydrogen) atoms.